The Morgan fingerprint density at radius 2 is 2.14 bits per heavy atom. The third kappa shape index (κ3) is 3.55. The van der Waals surface area contributed by atoms with Gasteiger partial charge in [0.05, 0.1) is 18.8 Å². The molecule has 22 heavy (non-hydrogen) atoms. The van der Waals surface area contributed by atoms with Crippen molar-refractivity contribution in [2.24, 2.45) is 0 Å². The zero-order valence-electron chi connectivity index (χ0n) is 12.4. The van der Waals surface area contributed by atoms with Crippen molar-refractivity contribution in [2.45, 2.75) is 38.3 Å². The number of furan rings is 1. The van der Waals surface area contributed by atoms with Gasteiger partial charge in [0, 0.05) is 0 Å². The van der Waals surface area contributed by atoms with Crippen LogP contribution in [0, 0.1) is 13.8 Å². The number of nitrogens with zero attached hydrogens (tertiary/aromatic N) is 1. The van der Waals surface area contributed by atoms with Gasteiger partial charge in [-0.15, -0.1) is 0 Å². The molecule has 2 heterocycles. The minimum Gasteiger partial charge on any atom is -0.467 e. The largest absolute Gasteiger partial charge is 0.467 e. The Morgan fingerprint density at radius 1 is 1.41 bits per heavy atom. The standard InChI is InChI=1S/C13H17N3O5S/c1-8-12(10(3)21-15-8)22(18,19)16-9(2)13(17)14-7-11-5-4-6-20-11/h4-6,9,16H,7H2,1-3H3,(H,14,17)/t9-/m0/s1. The molecule has 0 aromatic carbocycles. The van der Waals surface area contributed by atoms with E-state index in [0.717, 1.165) is 0 Å². The van der Waals surface area contributed by atoms with E-state index in [0.29, 0.717) is 5.76 Å². The third-order valence-electron chi connectivity index (χ3n) is 2.98. The van der Waals surface area contributed by atoms with E-state index in [-0.39, 0.29) is 22.9 Å². The van der Waals surface area contributed by atoms with Crippen LogP contribution in [0.25, 0.3) is 0 Å². The fourth-order valence-corrected chi connectivity index (χ4v) is 3.48. The van der Waals surface area contributed by atoms with Gasteiger partial charge in [-0.2, -0.15) is 4.72 Å². The molecular weight excluding hydrogens is 310 g/mol. The lowest BCUT2D eigenvalue weighted by Crippen LogP contribution is -2.44. The summed E-state index contributed by atoms with van der Waals surface area (Å²) in [7, 11) is -3.89. The van der Waals surface area contributed by atoms with Crippen molar-refractivity contribution < 1.29 is 22.2 Å². The quantitative estimate of drug-likeness (QED) is 0.813. The van der Waals surface area contributed by atoms with Gasteiger partial charge >= 0.3 is 0 Å². The van der Waals surface area contributed by atoms with Crippen LogP contribution in [0.3, 0.4) is 0 Å². The van der Waals surface area contributed by atoms with Crippen molar-refractivity contribution in [1.29, 1.82) is 0 Å². The Labute approximate surface area is 127 Å². The molecular formula is C13H17N3O5S. The summed E-state index contributed by atoms with van der Waals surface area (Å²) in [4.78, 5) is 11.9. The highest BCUT2D eigenvalue weighted by Gasteiger charge is 2.28. The first-order chi connectivity index (χ1) is 10.3. The number of sulfonamides is 1. The molecule has 0 fully saturated rings. The van der Waals surface area contributed by atoms with Crippen LogP contribution in [0.4, 0.5) is 0 Å². The number of carbonyl (C=O) groups excluding carboxylic acids is 1. The van der Waals surface area contributed by atoms with E-state index in [1.165, 1.54) is 27.0 Å². The molecule has 0 radical (unpaired) electrons. The maximum atomic E-state index is 12.3. The van der Waals surface area contributed by atoms with Crippen molar-refractivity contribution in [1.82, 2.24) is 15.2 Å². The zero-order valence-corrected chi connectivity index (χ0v) is 13.2. The number of aryl methyl sites for hydroxylation is 2. The minimum atomic E-state index is -3.89. The predicted octanol–water partition coefficient (Wildman–Crippen LogP) is 0.868. The molecule has 2 N–H and O–H groups in total. The lowest BCUT2D eigenvalue weighted by molar-refractivity contribution is -0.122. The molecule has 120 valence electrons. The monoisotopic (exact) mass is 327 g/mol. The second-order valence-electron chi connectivity index (χ2n) is 4.79. The molecule has 2 aromatic rings. The van der Waals surface area contributed by atoms with Crippen LogP contribution in [-0.4, -0.2) is 25.5 Å². The summed E-state index contributed by atoms with van der Waals surface area (Å²) in [5.41, 5.74) is 0.244. The van der Waals surface area contributed by atoms with Crippen LogP contribution in [0.1, 0.15) is 24.1 Å². The smallest absolute Gasteiger partial charge is 0.246 e. The molecule has 8 nitrogen and oxygen atoms in total. The SMILES string of the molecule is Cc1noc(C)c1S(=O)(=O)N[C@@H](C)C(=O)NCc1ccco1. The summed E-state index contributed by atoms with van der Waals surface area (Å²) in [6.07, 6.45) is 1.49. The molecule has 2 aromatic heterocycles. The number of aromatic nitrogens is 1. The van der Waals surface area contributed by atoms with Crippen LogP contribution in [-0.2, 0) is 21.4 Å². The summed E-state index contributed by atoms with van der Waals surface area (Å²) in [5, 5.41) is 6.18. The van der Waals surface area contributed by atoms with Crippen molar-refractivity contribution in [3.05, 3.63) is 35.6 Å². The average molecular weight is 327 g/mol. The van der Waals surface area contributed by atoms with Crippen LogP contribution < -0.4 is 10.0 Å². The molecule has 0 aliphatic rings. The highest BCUT2D eigenvalue weighted by atomic mass is 32.2. The summed E-state index contributed by atoms with van der Waals surface area (Å²) in [6, 6.07) is 2.46. The topological polar surface area (TPSA) is 114 Å². The Balaban J connectivity index is 2.01. The van der Waals surface area contributed by atoms with Gasteiger partial charge in [-0.05, 0) is 32.9 Å². The average Bonchev–Trinajstić information content (AvgIpc) is 3.05. The van der Waals surface area contributed by atoms with E-state index in [1.54, 1.807) is 12.1 Å². The van der Waals surface area contributed by atoms with Gasteiger partial charge in [-0.25, -0.2) is 8.42 Å². The summed E-state index contributed by atoms with van der Waals surface area (Å²) < 4.78 is 36.8. The lowest BCUT2D eigenvalue weighted by Gasteiger charge is -2.13. The van der Waals surface area contributed by atoms with Crippen molar-refractivity contribution in [2.75, 3.05) is 0 Å². The van der Waals surface area contributed by atoms with Crippen molar-refractivity contribution >= 4 is 15.9 Å². The Hall–Kier alpha value is -2.13. The molecule has 0 saturated carbocycles. The van der Waals surface area contributed by atoms with Crippen LogP contribution in [0.2, 0.25) is 0 Å². The second kappa shape index (κ2) is 6.32. The van der Waals surface area contributed by atoms with Gasteiger partial charge in [0.15, 0.2) is 5.76 Å². The number of carbonyl (C=O) groups is 1. The molecule has 0 bridgehead atoms. The summed E-state index contributed by atoms with van der Waals surface area (Å²) >= 11 is 0. The number of nitrogens with one attached hydrogen (secondary N) is 2. The van der Waals surface area contributed by atoms with Gasteiger partial charge in [0.1, 0.15) is 16.3 Å². The lowest BCUT2D eigenvalue weighted by atomic mass is 10.3. The van der Waals surface area contributed by atoms with Gasteiger partial charge in [0.2, 0.25) is 15.9 Å². The van der Waals surface area contributed by atoms with E-state index >= 15 is 0 Å². The van der Waals surface area contributed by atoms with Gasteiger partial charge in [-0.1, -0.05) is 5.16 Å². The molecule has 0 saturated heterocycles. The molecule has 1 atom stereocenters. The summed E-state index contributed by atoms with van der Waals surface area (Å²) in [5.74, 6) is 0.286. The molecule has 2 rings (SSSR count). The van der Waals surface area contributed by atoms with Crippen LogP contribution in [0.5, 0.6) is 0 Å². The van der Waals surface area contributed by atoms with Gasteiger partial charge in [0.25, 0.3) is 0 Å². The normalized spacial score (nSPS) is 13.0. The highest BCUT2D eigenvalue weighted by molar-refractivity contribution is 7.89. The minimum absolute atomic E-state index is 0.0433. The Kier molecular flexibility index (Phi) is 4.67. The van der Waals surface area contributed by atoms with Gasteiger partial charge < -0.3 is 14.3 Å². The Morgan fingerprint density at radius 3 is 2.68 bits per heavy atom. The number of hydrogen-bond acceptors (Lipinski definition) is 6. The van der Waals surface area contributed by atoms with Crippen LogP contribution in [0.15, 0.2) is 32.2 Å². The van der Waals surface area contributed by atoms with Crippen molar-refractivity contribution in [3.8, 4) is 0 Å². The fraction of sp³-hybridized carbons (Fsp3) is 0.385. The number of hydrogen-bond donors (Lipinski definition) is 2. The summed E-state index contributed by atoms with van der Waals surface area (Å²) in [6.45, 7) is 4.65. The number of rotatable bonds is 6. The molecule has 0 aliphatic carbocycles. The first-order valence-electron chi connectivity index (χ1n) is 6.56. The van der Waals surface area contributed by atoms with E-state index in [9.17, 15) is 13.2 Å². The first-order valence-corrected chi connectivity index (χ1v) is 8.05. The van der Waals surface area contributed by atoms with E-state index < -0.39 is 22.0 Å². The van der Waals surface area contributed by atoms with Crippen molar-refractivity contribution in [3.63, 3.8) is 0 Å². The molecule has 0 unspecified atom stereocenters. The maximum Gasteiger partial charge on any atom is 0.246 e. The highest BCUT2D eigenvalue weighted by Crippen LogP contribution is 2.18. The van der Waals surface area contributed by atoms with E-state index in [2.05, 4.69) is 15.2 Å². The van der Waals surface area contributed by atoms with Crippen LogP contribution >= 0.6 is 0 Å². The van der Waals surface area contributed by atoms with E-state index in [1.807, 2.05) is 0 Å². The molecule has 9 heteroatoms. The Bertz CT molecular complexity index is 729. The third-order valence-corrected chi connectivity index (χ3v) is 4.76. The van der Waals surface area contributed by atoms with Gasteiger partial charge in [-0.3, -0.25) is 4.79 Å². The first kappa shape index (κ1) is 16.2. The number of amides is 1. The maximum absolute atomic E-state index is 12.3. The predicted molar refractivity (Wildman–Crippen MR) is 76.3 cm³/mol. The molecule has 1 amide bonds. The second-order valence-corrected chi connectivity index (χ2v) is 6.44. The molecule has 0 aliphatic heterocycles. The zero-order chi connectivity index (χ0) is 16.3. The van der Waals surface area contributed by atoms with E-state index in [4.69, 9.17) is 8.94 Å². The fourth-order valence-electron chi connectivity index (χ4n) is 1.94. The molecule has 0 spiro atoms.